The maximum Gasteiger partial charge on any atom is 0.310 e. The van der Waals surface area contributed by atoms with E-state index in [1.807, 2.05) is 0 Å². The van der Waals surface area contributed by atoms with Gasteiger partial charge >= 0.3 is 5.97 Å². The van der Waals surface area contributed by atoms with Gasteiger partial charge in [0.05, 0.1) is 25.7 Å². The highest BCUT2D eigenvalue weighted by Crippen LogP contribution is 2.26. The minimum Gasteiger partial charge on any atom is -0.472 e. The van der Waals surface area contributed by atoms with Gasteiger partial charge in [-0.2, -0.15) is 4.98 Å². The van der Waals surface area contributed by atoms with Crippen LogP contribution in [0.5, 0.6) is 17.5 Å². The lowest BCUT2D eigenvalue weighted by Gasteiger charge is -2.15. The third kappa shape index (κ3) is 7.71. The summed E-state index contributed by atoms with van der Waals surface area (Å²) in [6.45, 7) is 1.99. The van der Waals surface area contributed by atoms with Gasteiger partial charge in [0.15, 0.2) is 0 Å². The molecule has 0 fully saturated rings. The molecule has 3 rings (SSSR count). The van der Waals surface area contributed by atoms with Gasteiger partial charge in [0.25, 0.3) is 5.91 Å². The zero-order chi connectivity index (χ0) is 25.4. The number of anilines is 1. The molecule has 1 aromatic carbocycles. The molecule has 0 aliphatic heterocycles. The Balaban J connectivity index is 1.83. The highest BCUT2D eigenvalue weighted by atomic mass is 19.1. The predicted octanol–water partition coefficient (Wildman–Crippen LogP) is 3.93. The van der Waals surface area contributed by atoms with E-state index in [1.54, 1.807) is 13.0 Å². The van der Waals surface area contributed by atoms with Crippen LogP contribution in [0.3, 0.4) is 0 Å². The molecule has 9 nitrogen and oxygen atoms in total. The smallest absolute Gasteiger partial charge is 0.310 e. The van der Waals surface area contributed by atoms with Gasteiger partial charge in [-0.15, -0.1) is 0 Å². The van der Waals surface area contributed by atoms with Crippen molar-refractivity contribution in [3.05, 3.63) is 71.4 Å². The number of rotatable bonds is 10. The van der Waals surface area contributed by atoms with Crippen LogP contribution in [-0.4, -0.2) is 48.8 Å². The van der Waals surface area contributed by atoms with E-state index in [9.17, 15) is 18.4 Å². The molecule has 1 atom stereocenters. The normalized spacial score (nSPS) is 11.5. The third-order valence-corrected chi connectivity index (χ3v) is 4.46. The Morgan fingerprint density at radius 2 is 1.74 bits per heavy atom. The molecule has 0 aliphatic rings. The van der Waals surface area contributed by atoms with E-state index in [0.717, 1.165) is 12.1 Å². The van der Waals surface area contributed by atoms with Gasteiger partial charge in [0.2, 0.25) is 11.8 Å². The molecular formula is C24H23F2N3O6. The number of nitrogens with zero attached hydrogens (tertiary/aromatic N) is 2. The van der Waals surface area contributed by atoms with Crippen LogP contribution in [0.25, 0.3) is 0 Å². The summed E-state index contributed by atoms with van der Waals surface area (Å²) in [7, 11) is 2.80. The van der Waals surface area contributed by atoms with Crippen LogP contribution in [-0.2, 0) is 20.7 Å². The molecule has 1 amide bonds. The number of ether oxygens (including phenoxy) is 4. The number of aromatic nitrogens is 2. The van der Waals surface area contributed by atoms with Crippen molar-refractivity contribution in [2.75, 3.05) is 26.1 Å². The minimum atomic E-state index is -0.833. The molecule has 35 heavy (non-hydrogen) atoms. The molecule has 11 heteroatoms. The van der Waals surface area contributed by atoms with Crippen LogP contribution in [0.15, 0.2) is 48.7 Å². The van der Waals surface area contributed by atoms with E-state index in [2.05, 4.69) is 20.0 Å². The van der Waals surface area contributed by atoms with Gasteiger partial charge in [-0.3, -0.25) is 9.59 Å². The topological polar surface area (TPSA) is 109 Å². The fraction of sp³-hybridized carbons (Fsp3) is 0.250. The standard InChI is InChI=1S/C24H23F2N3O6/c1-14(13-32-2)34-21-7-16(8-22(29-21)35-19-10-17(25)9-18(26)11-19)24(31)28-20-5-4-15(12-27-20)6-23(30)33-3/h4-5,7-12,14H,6,13H2,1-3H3,(H,27,28,31)/t14-/m1/s1. The average Bonchev–Trinajstić information content (AvgIpc) is 2.79. The molecule has 0 spiro atoms. The molecule has 2 heterocycles. The summed E-state index contributed by atoms with van der Waals surface area (Å²) in [6, 6.07) is 8.48. The van der Waals surface area contributed by atoms with Gasteiger partial charge in [-0.05, 0) is 18.6 Å². The first kappa shape index (κ1) is 25.5. The number of amides is 1. The highest BCUT2D eigenvalue weighted by Gasteiger charge is 2.16. The first-order valence-corrected chi connectivity index (χ1v) is 10.4. The number of halogens is 2. The molecule has 0 radical (unpaired) electrons. The number of carbonyl (C=O) groups is 2. The second-order valence-electron chi connectivity index (χ2n) is 7.38. The first-order valence-electron chi connectivity index (χ1n) is 10.4. The zero-order valence-electron chi connectivity index (χ0n) is 19.2. The number of methoxy groups -OCH3 is 2. The molecule has 1 N–H and O–H groups in total. The van der Waals surface area contributed by atoms with E-state index in [4.69, 9.17) is 14.2 Å². The first-order chi connectivity index (χ1) is 16.7. The van der Waals surface area contributed by atoms with Crippen molar-refractivity contribution in [1.82, 2.24) is 9.97 Å². The lowest BCUT2D eigenvalue weighted by molar-refractivity contribution is -0.139. The summed E-state index contributed by atoms with van der Waals surface area (Å²) in [4.78, 5) is 32.6. The maximum absolute atomic E-state index is 13.6. The Morgan fingerprint density at radius 1 is 1.03 bits per heavy atom. The summed E-state index contributed by atoms with van der Waals surface area (Å²) in [5.74, 6) is -2.65. The quantitative estimate of drug-likeness (QED) is 0.429. The molecule has 3 aromatic rings. The SMILES string of the molecule is COC[C@@H](C)Oc1cc(C(=O)Nc2ccc(CC(=O)OC)cn2)cc(Oc2cc(F)cc(F)c2)n1. The zero-order valence-corrected chi connectivity index (χ0v) is 19.2. The lowest BCUT2D eigenvalue weighted by atomic mass is 10.2. The second kappa shape index (κ2) is 11.8. The summed E-state index contributed by atoms with van der Waals surface area (Å²) in [6.07, 6.45) is 1.07. The van der Waals surface area contributed by atoms with Gasteiger partial charge in [-0.1, -0.05) is 6.07 Å². The van der Waals surface area contributed by atoms with E-state index in [-0.39, 0.29) is 41.9 Å². The van der Waals surface area contributed by atoms with E-state index in [0.29, 0.717) is 11.6 Å². The molecule has 2 aromatic heterocycles. The molecule has 0 saturated heterocycles. The number of carbonyl (C=O) groups excluding carboxylic acids is 2. The van der Waals surface area contributed by atoms with Gasteiger partial charge in [0, 0.05) is 43.6 Å². The largest absolute Gasteiger partial charge is 0.472 e. The number of hydrogen-bond donors (Lipinski definition) is 1. The van der Waals surface area contributed by atoms with Crippen LogP contribution in [0.1, 0.15) is 22.8 Å². The summed E-state index contributed by atoms with van der Waals surface area (Å²) >= 11 is 0. The highest BCUT2D eigenvalue weighted by molar-refractivity contribution is 6.04. The summed E-state index contributed by atoms with van der Waals surface area (Å²) in [5, 5.41) is 2.62. The van der Waals surface area contributed by atoms with Crippen molar-refractivity contribution < 1.29 is 37.3 Å². The van der Waals surface area contributed by atoms with Crippen molar-refractivity contribution in [3.8, 4) is 17.5 Å². The second-order valence-corrected chi connectivity index (χ2v) is 7.38. The van der Waals surface area contributed by atoms with Crippen LogP contribution in [0.4, 0.5) is 14.6 Å². The number of benzene rings is 1. The van der Waals surface area contributed by atoms with E-state index in [1.165, 1.54) is 38.6 Å². The number of hydrogen-bond acceptors (Lipinski definition) is 8. The Hall–Kier alpha value is -4.12. The van der Waals surface area contributed by atoms with Crippen LogP contribution >= 0.6 is 0 Å². The Labute approximate surface area is 200 Å². The van der Waals surface area contributed by atoms with Crippen molar-refractivity contribution >= 4 is 17.7 Å². The maximum atomic E-state index is 13.6. The Bertz CT molecular complexity index is 1170. The average molecular weight is 487 g/mol. The molecule has 184 valence electrons. The predicted molar refractivity (Wildman–Crippen MR) is 121 cm³/mol. The van der Waals surface area contributed by atoms with Crippen molar-refractivity contribution in [2.45, 2.75) is 19.4 Å². The molecular weight excluding hydrogens is 464 g/mol. The molecule has 0 bridgehead atoms. The fourth-order valence-corrected chi connectivity index (χ4v) is 2.94. The monoisotopic (exact) mass is 487 g/mol. The lowest BCUT2D eigenvalue weighted by Crippen LogP contribution is -2.19. The minimum absolute atomic E-state index is 0.0375. The number of esters is 1. The number of pyridine rings is 2. The van der Waals surface area contributed by atoms with Crippen molar-refractivity contribution in [3.63, 3.8) is 0 Å². The third-order valence-electron chi connectivity index (χ3n) is 4.46. The van der Waals surface area contributed by atoms with Crippen molar-refractivity contribution in [2.24, 2.45) is 0 Å². The van der Waals surface area contributed by atoms with E-state index < -0.39 is 29.6 Å². The van der Waals surface area contributed by atoms with Gasteiger partial charge in [0.1, 0.15) is 29.3 Å². The van der Waals surface area contributed by atoms with Gasteiger partial charge < -0.3 is 24.3 Å². The summed E-state index contributed by atoms with van der Waals surface area (Å²) < 4.78 is 47.9. The van der Waals surface area contributed by atoms with E-state index >= 15 is 0 Å². The van der Waals surface area contributed by atoms with Gasteiger partial charge in [-0.25, -0.2) is 13.8 Å². The molecule has 0 aliphatic carbocycles. The van der Waals surface area contributed by atoms with Crippen LogP contribution in [0.2, 0.25) is 0 Å². The number of nitrogens with one attached hydrogen (secondary N) is 1. The Kier molecular flexibility index (Phi) is 8.63. The summed E-state index contributed by atoms with van der Waals surface area (Å²) in [5.41, 5.74) is 0.700. The van der Waals surface area contributed by atoms with Crippen LogP contribution in [0, 0.1) is 11.6 Å². The molecule has 0 unspecified atom stereocenters. The fourth-order valence-electron chi connectivity index (χ4n) is 2.94. The van der Waals surface area contributed by atoms with Crippen molar-refractivity contribution in [1.29, 1.82) is 0 Å². The molecule has 0 saturated carbocycles. The van der Waals surface area contributed by atoms with Crippen LogP contribution < -0.4 is 14.8 Å². The Morgan fingerprint density at radius 3 is 2.37 bits per heavy atom.